The van der Waals surface area contributed by atoms with Gasteiger partial charge >= 0.3 is 0 Å². The molecule has 0 spiro atoms. The molecular weight excluding hydrogens is 465 g/mol. The Morgan fingerprint density at radius 3 is 2.61 bits per heavy atom. The van der Waals surface area contributed by atoms with Gasteiger partial charge in [0.25, 0.3) is 0 Å². The highest BCUT2D eigenvalue weighted by atomic mass is 32.2. The Morgan fingerprint density at radius 2 is 1.90 bits per heavy atom. The van der Waals surface area contributed by atoms with Crippen LogP contribution in [0.1, 0.15) is 53.3 Å². The van der Waals surface area contributed by atoms with Gasteiger partial charge in [-0.15, -0.1) is 21.5 Å². The number of aryl methyl sites for hydroxylation is 1. The molecular formula is C22H22N4OS4. The van der Waals surface area contributed by atoms with E-state index < -0.39 is 0 Å². The van der Waals surface area contributed by atoms with Gasteiger partial charge in [-0.3, -0.25) is 4.79 Å². The number of nitrogens with one attached hydrogen (secondary N) is 1. The van der Waals surface area contributed by atoms with Gasteiger partial charge in [0.2, 0.25) is 5.91 Å². The Kier molecular flexibility index (Phi) is 7.33. The molecule has 3 aromatic rings. The second-order valence-corrected chi connectivity index (χ2v) is 12.1. The molecule has 2 heterocycles. The van der Waals surface area contributed by atoms with Crippen molar-refractivity contribution >= 4 is 57.1 Å². The monoisotopic (exact) mass is 486 g/mol. The SMILES string of the molecule is CC(C)c1ccc(CSc2nnc(SCC(=O)Nc3sc4c(c3C#N)CCC4)s2)cc1. The molecule has 160 valence electrons. The minimum atomic E-state index is -0.115. The fraction of sp³-hybridized carbons (Fsp3) is 0.364. The Morgan fingerprint density at radius 1 is 1.16 bits per heavy atom. The van der Waals surface area contributed by atoms with Crippen LogP contribution in [0.5, 0.6) is 0 Å². The fourth-order valence-electron chi connectivity index (χ4n) is 3.36. The first-order chi connectivity index (χ1) is 15.0. The van der Waals surface area contributed by atoms with E-state index in [0.717, 1.165) is 39.3 Å². The summed E-state index contributed by atoms with van der Waals surface area (Å²) in [6, 6.07) is 11.0. The summed E-state index contributed by atoms with van der Waals surface area (Å²) < 4.78 is 1.68. The lowest BCUT2D eigenvalue weighted by atomic mass is 10.0. The molecule has 2 aromatic heterocycles. The van der Waals surface area contributed by atoms with Crippen LogP contribution in [0.15, 0.2) is 32.9 Å². The number of anilines is 1. The van der Waals surface area contributed by atoms with E-state index in [1.54, 1.807) is 23.1 Å². The molecule has 4 rings (SSSR count). The third-order valence-electron chi connectivity index (χ3n) is 5.01. The standard InChI is InChI=1S/C22H22N4OS4/c1-13(2)15-8-6-14(7-9-15)11-28-21-25-26-22(31-21)29-12-19(27)24-20-17(10-23)16-4-3-5-18(16)30-20/h6-9,13H,3-5,11-12H2,1-2H3,(H,24,27). The van der Waals surface area contributed by atoms with E-state index in [9.17, 15) is 10.1 Å². The minimum Gasteiger partial charge on any atom is -0.316 e. The number of rotatable bonds is 8. The molecule has 0 atom stereocenters. The van der Waals surface area contributed by atoms with Gasteiger partial charge in [0, 0.05) is 10.6 Å². The predicted octanol–water partition coefficient (Wildman–Crippen LogP) is 6.11. The summed E-state index contributed by atoms with van der Waals surface area (Å²) in [5.74, 6) is 1.52. The highest BCUT2D eigenvalue weighted by Crippen LogP contribution is 2.38. The third-order valence-corrected chi connectivity index (χ3v) is 9.48. The molecule has 0 bridgehead atoms. The highest BCUT2D eigenvalue weighted by molar-refractivity contribution is 8.03. The molecule has 0 aliphatic heterocycles. The summed E-state index contributed by atoms with van der Waals surface area (Å²) in [5.41, 5.74) is 4.37. The van der Waals surface area contributed by atoms with E-state index in [1.165, 1.54) is 39.1 Å². The van der Waals surface area contributed by atoms with Crippen molar-refractivity contribution in [2.24, 2.45) is 0 Å². The van der Waals surface area contributed by atoms with E-state index in [0.29, 0.717) is 16.5 Å². The van der Waals surface area contributed by atoms with Gasteiger partial charge in [-0.25, -0.2) is 0 Å². The molecule has 1 aliphatic carbocycles. The van der Waals surface area contributed by atoms with Gasteiger partial charge in [0.1, 0.15) is 11.1 Å². The van der Waals surface area contributed by atoms with E-state index in [-0.39, 0.29) is 11.7 Å². The van der Waals surface area contributed by atoms with Crippen molar-refractivity contribution in [3.63, 3.8) is 0 Å². The summed E-state index contributed by atoms with van der Waals surface area (Å²) in [6.07, 6.45) is 3.04. The van der Waals surface area contributed by atoms with Gasteiger partial charge in [0.05, 0.1) is 11.3 Å². The zero-order valence-corrected chi connectivity index (χ0v) is 20.6. The minimum absolute atomic E-state index is 0.115. The average Bonchev–Trinajstić information content (AvgIpc) is 3.47. The lowest BCUT2D eigenvalue weighted by Crippen LogP contribution is -2.13. The van der Waals surface area contributed by atoms with Crippen molar-refractivity contribution < 1.29 is 4.79 Å². The first-order valence-corrected chi connectivity index (χ1v) is 13.7. The van der Waals surface area contributed by atoms with Crippen LogP contribution in [0.3, 0.4) is 0 Å². The summed E-state index contributed by atoms with van der Waals surface area (Å²) in [6.45, 7) is 4.39. The largest absolute Gasteiger partial charge is 0.316 e. The normalized spacial score (nSPS) is 12.7. The van der Waals surface area contributed by atoms with E-state index in [2.05, 4.69) is 59.7 Å². The lowest BCUT2D eigenvalue weighted by Gasteiger charge is -2.06. The molecule has 0 radical (unpaired) electrons. The van der Waals surface area contributed by atoms with Crippen molar-refractivity contribution in [2.45, 2.75) is 53.5 Å². The number of hydrogen-bond donors (Lipinski definition) is 1. The zero-order chi connectivity index (χ0) is 21.8. The van der Waals surface area contributed by atoms with Crippen LogP contribution in [-0.4, -0.2) is 21.9 Å². The first kappa shape index (κ1) is 22.3. The number of thiophene rings is 1. The van der Waals surface area contributed by atoms with E-state index >= 15 is 0 Å². The summed E-state index contributed by atoms with van der Waals surface area (Å²) in [7, 11) is 0. The Bertz CT molecular complexity index is 1110. The fourth-order valence-corrected chi connectivity index (χ4v) is 7.39. The molecule has 1 aliphatic rings. The molecule has 1 amide bonds. The maximum atomic E-state index is 12.4. The van der Waals surface area contributed by atoms with Crippen molar-refractivity contribution in [2.75, 3.05) is 11.1 Å². The molecule has 31 heavy (non-hydrogen) atoms. The second kappa shape index (κ2) is 10.2. The predicted molar refractivity (Wildman–Crippen MR) is 130 cm³/mol. The summed E-state index contributed by atoms with van der Waals surface area (Å²) in [4.78, 5) is 13.6. The number of carbonyl (C=O) groups excluding carboxylic acids is 1. The summed E-state index contributed by atoms with van der Waals surface area (Å²) >= 11 is 6.09. The number of aromatic nitrogens is 2. The second-order valence-electron chi connectivity index (χ2n) is 7.53. The van der Waals surface area contributed by atoms with Gasteiger partial charge < -0.3 is 5.32 Å². The number of benzene rings is 1. The van der Waals surface area contributed by atoms with Crippen molar-refractivity contribution in [3.8, 4) is 6.07 Å². The van der Waals surface area contributed by atoms with Gasteiger partial charge in [-0.1, -0.05) is 73.0 Å². The van der Waals surface area contributed by atoms with Crippen LogP contribution in [0, 0.1) is 11.3 Å². The smallest absolute Gasteiger partial charge is 0.235 e. The molecule has 0 saturated heterocycles. The lowest BCUT2D eigenvalue weighted by molar-refractivity contribution is -0.113. The van der Waals surface area contributed by atoms with Crippen LogP contribution >= 0.6 is 46.2 Å². The number of amides is 1. The van der Waals surface area contributed by atoms with E-state index in [1.807, 2.05) is 0 Å². The number of carbonyl (C=O) groups is 1. The Hall–Kier alpha value is -1.86. The van der Waals surface area contributed by atoms with Gasteiger partial charge in [0.15, 0.2) is 8.68 Å². The van der Waals surface area contributed by atoms with Crippen LogP contribution < -0.4 is 5.32 Å². The van der Waals surface area contributed by atoms with Crippen molar-refractivity contribution in [1.82, 2.24) is 10.2 Å². The number of thioether (sulfide) groups is 2. The number of nitrogens with zero attached hydrogens (tertiary/aromatic N) is 3. The van der Waals surface area contributed by atoms with Crippen LogP contribution in [-0.2, 0) is 23.4 Å². The molecule has 5 nitrogen and oxygen atoms in total. The number of fused-ring (bicyclic) bond motifs is 1. The number of nitriles is 1. The van der Waals surface area contributed by atoms with Gasteiger partial charge in [-0.2, -0.15) is 5.26 Å². The quantitative estimate of drug-likeness (QED) is 0.387. The van der Waals surface area contributed by atoms with Crippen molar-refractivity contribution in [3.05, 3.63) is 51.4 Å². The molecule has 0 fully saturated rings. The maximum absolute atomic E-state index is 12.4. The van der Waals surface area contributed by atoms with Gasteiger partial charge in [-0.05, 0) is 41.9 Å². The Balaban J connectivity index is 1.26. The van der Waals surface area contributed by atoms with Crippen LogP contribution in [0.4, 0.5) is 5.00 Å². The molecule has 1 N–H and O–H groups in total. The zero-order valence-electron chi connectivity index (χ0n) is 17.3. The topological polar surface area (TPSA) is 78.7 Å². The Labute approximate surface area is 198 Å². The molecule has 0 saturated carbocycles. The molecule has 0 unspecified atom stereocenters. The highest BCUT2D eigenvalue weighted by Gasteiger charge is 2.23. The summed E-state index contributed by atoms with van der Waals surface area (Å²) in [5, 5.41) is 21.5. The molecule has 9 heteroatoms. The maximum Gasteiger partial charge on any atom is 0.235 e. The van der Waals surface area contributed by atoms with Crippen molar-refractivity contribution in [1.29, 1.82) is 5.26 Å². The first-order valence-electron chi connectivity index (χ1n) is 10.1. The van der Waals surface area contributed by atoms with E-state index in [4.69, 9.17) is 0 Å². The third kappa shape index (κ3) is 5.50. The van der Waals surface area contributed by atoms with Crippen LogP contribution in [0.2, 0.25) is 0 Å². The van der Waals surface area contributed by atoms with Crippen LogP contribution in [0.25, 0.3) is 0 Å². The number of hydrogen-bond acceptors (Lipinski definition) is 8. The average molecular weight is 487 g/mol. The molecule has 1 aromatic carbocycles.